The molecule has 0 radical (unpaired) electrons. The fourth-order valence-corrected chi connectivity index (χ4v) is 5.19. The van der Waals surface area contributed by atoms with Crippen LogP contribution in [0.1, 0.15) is 42.4 Å². The van der Waals surface area contributed by atoms with E-state index in [9.17, 15) is 14.7 Å². The molecule has 190 valence electrons. The van der Waals surface area contributed by atoms with Gasteiger partial charge in [0.25, 0.3) is 5.91 Å². The summed E-state index contributed by atoms with van der Waals surface area (Å²) in [5.74, 6) is -1.53. The van der Waals surface area contributed by atoms with E-state index in [1.807, 2.05) is 84.9 Å². The Kier molecular flexibility index (Phi) is 7.04. The number of aryl methyl sites for hydroxylation is 1. The number of rotatable bonds is 9. The summed E-state index contributed by atoms with van der Waals surface area (Å²) in [6, 6.07) is 26.8. The minimum absolute atomic E-state index is 0.359. The number of benzene rings is 3. The van der Waals surface area contributed by atoms with Crippen LogP contribution in [0.2, 0.25) is 0 Å². The molecule has 1 unspecified atom stereocenters. The number of carbonyl (C=O) groups excluding carboxylic acids is 2. The molecular weight excluding hydrogens is 462 g/mol. The maximum Gasteiger partial charge on any atom is 0.277 e. The second kappa shape index (κ2) is 10.4. The highest BCUT2D eigenvalue weighted by Gasteiger charge is 2.51. The average Bonchev–Trinajstić information content (AvgIpc) is 3.77. The standard InChI is InChI=1S/C31H33N3O3/c1-34-26-15-9-8-14-24(26)28(23-12-6-3-7-13-23)33-31(32,30(34)37)29(36)25(20-22-16-17-22)27(35)19-18-21-10-4-2-5-11-21/h2-15,22,25,27,35H,16-20,32H2,1H3/t25-,27+,31?/m1/s1. The molecule has 1 fully saturated rings. The Labute approximate surface area is 217 Å². The van der Waals surface area contributed by atoms with E-state index in [0.717, 1.165) is 29.5 Å². The van der Waals surface area contributed by atoms with E-state index in [4.69, 9.17) is 10.7 Å². The van der Waals surface area contributed by atoms with E-state index in [-0.39, 0.29) is 0 Å². The normalized spacial score (nSPS) is 21.0. The maximum atomic E-state index is 14.2. The Balaban J connectivity index is 1.53. The van der Waals surface area contributed by atoms with Crippen molar-refractivity contribution >= 4 is 23.1 Å². The molecule has 0 aromatic heterocycles. The molecule has 3 atom stereocenters. The van der Waals surface area contributed by atoms with Crippen molar-refractivity contribution in [3.63, 3.8) is 0 Å². The van der Waals surface area contributed by atoms with Crippen LogP contribution in [0.25, 0.3) is 0 Å². The minimum Gasteiger partial charge on any atom is -0.392 e. The van der Waals surface area contributed by atoms with Crippen molar-refractivity contribution < 1.29 is 14.7 Å². The van der Waals surface area contributed by atoms with Crippen molar-refractivity contribution in [1.82, 2.24) is 0 Å². The lowest BCUT2D eigenvalue weighted by atomic mass is 9.82. The molecule has 1 amide bonds. The van der Waals surface area contributed by atoms with E-state index in [1.165, 1.54) is 4.90 Å². The zero-order valence-corrected chi connectivity index (χ0v) is 21.1. The monoisotopic (exact) mass is 495 g/mol. The lowest BCUT2D eigenvalue weighted by Crippen LogP contribution is -2.61. The van der Waals surface area contributed by atoms with Crippen LogP contribution in [-0.2, 0) is 16.0 Å². The molecule has 1 aliphatic heterocycles. The Hall–Kier alpha value is -3.61. The minimum atomic E-state index is -2.15. The van der Waals surface area contributed by atoms with Gasteiger partial charge in [0.1, 0.15) is 0 Å². The lowest BCUT2D eigenvalue weighted by Gasteiger charge is -2.32. The Morgan fingerprint density at radius 1 is 1.03 bits per heavy atom. The molecule has 3 aromatic carbocycles. The first-order chi connectivity index (χ1) is 17.9. The number of ketones is 1. The third-order valence-corrected chi connectivity index (χ3v) is 7.52. The first kappa shape index (κ1) is 25.1. The molecule has 1 heterocycles. The van der Waals surface area contributed by atoms with Crippen LogP contribution in [0.5, 0.6) is 0 Å². The fraction of sp³-hybridized carbons (Fsp3) is 0.323. The molecule has 3 N–H and O–H groups in total. The first-order valence-corrected chi connectivity index (χ1v) is 13.0. The van der Waals surface area contributed by atoms with Gasteiger partial charge >= 0.3 is 0 Å². The van der Waals surface area contributed by atoms with Gasteiger partial charge in [-0.3, -0.25) is 15.3 Å². The van der Waals surface area contributed by atoms with Crippen LogP contribution in [0.3, 0.4) is 0 Å². The van der Waals surface area contributed by atoms with Gasteiger partial charge in [0.2, 0.25) is 5.66 Å². The van der Waals surface area contributed by atoms with Gasteiger partial charge in [0, 0.05) is 24.1 Å². The Morgan fingerprint density at radius 3 is 2.32 bits per heavy atom. The van der Waals surface area contributed by atoms with Gasteiger partial charge in [-0.15, -0.1) is 0 Å². The Morgan fingerprint density at radius 2 is 1.65 bits per heavy atom. The van der Waals surface area contributed by atoms with E-state index in [0.29, 0.717) is 36.6 Å². The highest BCUT2D eigenvalue weighted by Crippen LogP contribution is 2.39. The zero-order chi connectivity index (χ0) is 26.0. The van der Waals surface area contributed by atoms with Gasteiger partial charge in [-0.25, -0.2) is 4.99 Å². The number of nitrogens with two attached hydrogens (primary N) is 1. The fourth-order valence-electron chi connectivity index (χ4n) is 5.19. The number of benzodiazepines with no additional fused rings is 1. The smallest absolute Gasteiger partial charge is 0.277 e. The highest BCUT2D eigenvalue weighted by molar-refractivity contribution is 6.26. The van der Waals surface area contributed by atoms with Crippen molar-refractivity contribution in [3.05, 3.63) is 102 Å². The predicted molar refractivity (Wildman–Crippen MR) is 145 cm³/mol. The number of likely N-dealkylation sites (N-methyl/N-ethyl adjacent to an activating group) is 1. The zero-order valence-electron chi connectivity index (χ0n) is 21.1. The molecule has 0 bridgehead atoms. The summed E-state index contributed by atoms with van der Waals surface area (Å²) < 4.78 is 0. The molecule has 1 aliphatic carbocycles. The summed E-state index contributed by atoms with van der Waals surface area (Å²) in [4.78, 5) is 34.3. The van der Waals surface area contributed by atoms with Crippen molar-refractivity contribution in [3.8, 4) is 0 Å². The van der Waals surface area contributed by atoms with Gasteiger partial charge in [0.15, 0.2) is 5.78 Å². The lowest BCUT2D eigenvalue weighted by molar-refractivity contribution is -0.139. The van der Waals surface area contributed by atoms with Crippen molar-refractivity contribution in [1.29, 1.82) is 0 Å². The first-order valence-electron chi connectivity index (χ1n) is 13.0. The third-order valence-electron chi connectivity index (χ3n) is 7.52. The number of carbonyl (C=O) groups is 2. The summed E-state index contributed by atoms with van der Waals surface area (Å²) in [6.07, 6.45) is 2.66. The average molecular weight is 496 g/mol. The predicted octanol–water partition coefficient (Wildman–Crippen LogP) is 4.13. The second-order valence-corrected chi connectivity index (χ2v) is 10.2. The number of amides is 1. The summed E-state index contributed by atoms with van der Waals surface area (Å²) in [6.45, 7) is 0. The van der Waals surface area contributed by atoms with Gasteiger partial charge in [-0.05, 0) is 36.8 Å². The van der Waals surface area contributed by atoms with Gasteiger partial charge < -0.3 is 10.0 Å². The molecule has 1 saturated carbocycles. The number of nitrogens with zero attached hydrogens (tertiary/aromatic N) is 2. The number of para-hydroxylation sites is 1. The number of hydrogen-bond donors (Lipinski definition) is 2. The van der Waals surface area contributed by atoms with Gasteiger partial charge in [0.05, 0.1) is 17.5 Å². The SMILES string of the molecule is CN1C(=O)C(N)(C(=O)[C@H](CC2CC2)[C@@H](O)CCc2ccccc2)N=C(c2ccccc2)c2ccccc21. The molecule has 2 aliphatic rings. The van der Waals surface area contributed by atoms with Gasteiger partial charge in [-0.2, -0.15) is 0 Å². The number of aliphatic hydroxyl groups excluding tert-OH is 1. The third kappa shape index (κ3) is 5.13. The molecule has 6 nitrogen and oxygen atoms in total. The number of anilines is 1. The number of Topliss-reactive ketones (excluding diaryl/α,β-unsaturated/α-hetero) is 1. The van der Waals surface area contributed by atoms with E-state index < -0.39 is 29.4 Å². The van der Waals surface area contributed by atoms with Crippen molar-refractivity contribution in [2.45, 2.75) is 43.9 Å². The Bertz CT molecular complexity index is 1300. The van der Waals surface area contributed by atoms with Crippen LogP contribution >= 0.6 is 0 Å². The van der Waals surface area contributed by atoms with Crippen LogP contribution in [-0.4, -0.2) is 41.3 Å². The number of fused-ring (bicyclic) bond motifs is 1. The molecule has 3 aromatic rings. The van der Waals surface area contributed by atoms with Crippen molar-refractivity contribution in [2.24, 2.45) is 22.6 Å². The number of aliphatic hydroxyl groups is 1. The molecule has 37 heavy (non-hydrogen) atoms. The van der Waals surface area contributed by atoms with Crippen LogP contribution < -0.4 is 10.6 Å². The van der Waals surface area contributed by atoms with E-state index in [2.05, 4.69) is 0 Å². The molecule has 6 heteroatoms. The summed E-state index contributed by atoms with van der Waals surface area (Å²) in [5.41, 5.74) is 8.32. The molecule has 5 rings (SSSR count). The van der Waals surface area contributed by atoms with Crippen LogP contribution in [0, 0.1) is 11.8 Å². The molecule has 0 saturated heterocycles. The summed E-state index contributed by atoms with van der Waals surface area (Å²) in [7, 11) is 1.63. The van der Waals surface area contributed by atoms with Crippen LogP contribution in [0.15, 0.2) is 89.9 Å². The quantitative estimate of drug-likeness (QED) is 0.436. The van der Waals surface area contributed by atoms with E-state index >= 15 is 0 Å². The highest BCUT2D eigenvalue weighted by atomic mass is 16.3. The molecule has 0 spiro atoms. The molecular formula is C31H33N3O3. The second-order valence-electron chi connectivity index (χ2n) is 10.2. The maximum absolute atomic E-state index is 14.2. The van der Waals surface area contributed by atoms with E-state index in [1.54, 1.807) is 7.05 Å². The van der Waals surface area contributed by atoms with Crippen LogP contribution in [0.4, 0.5) is 5.69 Å². The van der Waals surface area contributed by atoms with Crippen molar-refractivity contribution in [2.75, 3.05) is 11.9 Å². The number of hydrogen-bond acceptors (Lipinski definition) is 5. The largest absolute Gasteiger partial charge is 0.392 e. The topological polar surface area (TPSA) is 96.0 Å². The number of aliphatic imine (C=N–C) groups is 1. The van der Waals surface area contributed by atoms with Gasteiger partial charge in [-0.1, -0.05) is 91.7 Å². The summed E-state index contributed by atoms with van der Waals surface area (Å²) in [5, 5.41) is 11.3. The summed E-state index contributed by atoms with van der Waals surface area (Å²) >= 11 is 0.